The van der Waals surface area contributed by atoms with Crippen molar-refractivity contribution in [2.75, 3.05) is 11.1 Å². The van der Waals surface area contributed by atoms with Crippen LogP contribution in [0.25, 0.3) is 0 Å². The van der Waals surface area contributed by atoms with E-state index in [1.54, 1.807) is 19.2 Å². The number of nitrogens with two attached hydrogens (primary N) is 1. The Balaban J connectivity index is 2.05. The van der Waals surface area contributed by atoms with Crippen LogP contribution in [0.1, 0.15) is 23.3 Å². The van der Waals surface area contributed by atoms with Crippen LogP contribution in [0.2, 0.25) is 0 Å². The highest BCUT2D eigenvalue weighted by Crippen LogP contribution is 2.13. The van der Waals surface area contributed by atoms with E-state index >= 15 is 0 Å². The quantitative estimate of drug-likeness (QED) is 0.779. The van der Waals surface area contributed by atoms with E-state index in [-0.39, 0.29) is 11.5 Å². The molecule has 4 N–H and O–H groups in total. The standard InChI is InChI=1S/C13H14N4O3/c1-8(17-7-6-11(14)16-17)12(18)15-10-4-2-9(3-5-10)13(19)20/h2-8H,1H3,(H2,14,16)(H,15,18)(H,19,20). The zero-order chi connectivity index (χ0) is 14.7. The van der Waals surface area contributed by atoms with Crippen molar-refractivity contribution < 1.29 is 14.7 Å². The number of benzene rings is 1. The maximum atomic E-state index is 12.0. The van der Waals surface area contributed by atoms with Crippen molar-refractivity contribution in [2.45, 2.75) is 13.0 Å². The Bertz CT molecular complexity index is 633. The average Bonchev–Trinajstić information content (AvgIpc) is 2.85. The fourth-order valence-corrected chi connectivity index (χ4v) is 1.63. The molecule has 0 radical (unpaired) electrons. The minimum absolute atomic E-state index is 0.163. The van der Waals surface area contributed by atoms with Crippen molar-refractivity contribution in [2.24, 2.45) is 0 Å². The molecule has 0 fully saturated rings. The Morgan fingerprint density at radius 3 is 2.45 bits per heavy atom. The van der Waals surface area contributed by atoms with Crippen LogP contribution in [0.15, 0.2) is 36.5 Å². The molecule has 7 heteroatoms. The molecule has 7 nitrogen and oxygen atoms in total. The molecule has 1 unspecified atom stereocenters. The van der Waals surface area contributed by atoms with E-state index in [0.717, 1.165) is 0 Å². The Hall–Kier alpha value is -2.83. The van der Waals surface area contributed by atoms with Crippen LogP contribution < -0.4 is 11.1 Å². The van der Waals surface area contributed by atoms with E-state index in [1.165, 1.54) is 28.9 Å². The Labute approximate surface area is 115 Å². The lowest BCUT2D eigenvalue weighted by atomic mass is 10.2. The Morgan fingerprint density at radius 2 is 1.95 bits per heavy atom. The van der Waals surface area contributed by atoms with Crippen LogP contribution in [0.5, 0.6) is 0 Å². The second kappa shape index (κ2) is 5.43. The summed E-state index contributed by atoms with van der Waals surface area (Å²) in [6.07, 6.45) is 1.62. The normalized spacial score (nSPS) is 11.8. The van der Waals surface area contributed by atoms with Gasteiger partial charge in [-0.2, -0.15) is 5.10 Å². The number of carbonyl (C=O) groups excluding carboxylic acids is 1. The summed E-state index contributed by atoms with van der Waals surface area (Å²) < 4.78 is 1.45. The molecule has 1 atom stereocenters. The predicted octanol–water partition coefficient (Wildman–Crippen LogP) is 1.36. The fraction of sp³-hybridized carbons (Fsp3) is 0.154. The van der Waals surface area contributed by atoms with Gasteiger partial charge in [-0.05, 0) is 37.3 Å². The molecular formula is C13H14N4O3. The third-order valence-corrected chi connectivity index (χ3v) is 2.80. The molecule has 0 saturated carbocycles. The number of hydrogen-bond acceptors (Lipinski definition) is 4. The molecule has 0 aliphatic rings. The second-order valence-electron chi connectivity index (χ2n) is 4.27. The molecule has 1 heterocycles. The summed E-state index contributed by atoms with van der Waals surface area (Å²) in [5, 5.41) is 15.4. The van der Waals surface area contributed by atoms with Crippen LogP contribution in [0.3, 0.4) is 0 Å². The van der Waals surface area contributed by atoms with Gasteiger partial charge in [-0.1, -0.05) is 0 Å². The van der Waals surface area contributed by atoms with E-state index in [0.29, 0.717) is 11.5 Å². The van der Waals surface area contributed by atoms with E-state index in [4.69, 9.17) is 10.8 Å². The predicted molar refractivity (Wildman–Crippen MR) is 73.4 cm³/mol. The van der Waals surface area contributed by atoms with E-state index in [2.05, 4.69) is 10.4 Å². The van der Waals surface area contributed by atoms with Gasteiger partial charge in [-0.3, -0.25) is 9.48 Å². The number of anilines is 2. The van der Waals surface area contributed by atoms with Crippen LogP contribution in [0, 0.1) is 0 Å². The summed E-state index contributed by atoms with van der Waals surface area (Å²) in [5.74, 6) is -0.935. The molecule has 104 valence electrons. The summed E-state index contributed by atoms with van der Waals surface area (Å²) in [4.78, 5) is 22.7. The lowest BCUT2D eigenvalue weighted by molar-refractivity contribution is -0.119. The SMILES string of the molecule is CC(C(=O)Nc1ccc(C(=O)O)cc1)n1ccc(N)n1. The highest BCUT2D eigenvalue weighted by Gasteiger charge is 2.16. The summed E-state index contributed by atoms with van der Waals surface area (Å²) in [7, 11) is 0. The number of carboxylic acid groups (broad SMARTS) is 1. The van der Waals surface area contributed by atoms with Gasteiger partial charge in [0.2, 0.25) is 5.91 Å². The van der Waals surface area contributed by atoms with Crippen molar-refractivity contribution in [3.05, 3.63) is 42.1 Å². The minimum Gasteiger partial charge on any atom is -0.478 e. The molecule has 0 spiro atoms. The molecule has 1 aromatic carbocycles. The van der Waals surface area contributed by atoms with Crippen molar-refractivity contribution >= 4 is 23.4 Å². The van der Waals surface area contributed by atoms with Gasteiger partial charge in [0, 0.05) is 11.9 Å². The van der Waals surface area contributed by atoms with Crippen LogP contribution in [-0.4, -0.2) is 26.8 Å². The highest BCUT2D eigenvalue weighted by molar-refractivity contribution is 5.94. The van der Waals surface area contributed by atoms with Gasteiger partial charge in [0.15, 0.2) is 0 Å². The van der Waals surface area contributed by atoms with Gasteiger partial charge in [0.1, 0.15) is 11.9 Å². The molecule has 2 aromatic rings. The number of aromatic carboxylic acids is 1. The van der Waals surface area contributed by atoms with Gasteiger partial charge in [0.05, 0.1) is 5.56 Å². The summed E-state index contributed by atoms with van der Waals surface area (Å²) in [6.45, 7) is 1.69. The maximum Gasteiger partial charge on any atom is 0.335 e. The van der Waals surface area contributed by atoms with Gasteiger partial charge in [-0.25, -0.2) is 4.79 Å². The number of hydrogen-bond donors (Lipinski definition) is 3. The average molecular weight is 274 g/mol. The van der Waals surface area contributed by atoms with Crippen LogP contribution >= 0.6 is 0 Å². The first kappa shape index (κ1) is 13.6. The first-order valence-corrected chi connectivity index (χ1v) is 5.92. The van der Waals surface area contributed by atoms with Crippen molar-refractivity contribution in [1.29, 1.82) is 0 Å². The van der Waals surface area contributed by atoms with Crippen molar-refractivity contribution in [3.63, 3.8) is 0 Å². The molecule has 0 saturated heterocycles. The molecule has 0 aliphatic carbocycles. The number of nitrogens with one attached hydrogen (secondary N) is 1. The minimum atomic E-state index is -1.01. The van der Waals surface area contributed by atoms with E-state index in [9.17, 15) is 9.59 Å². The highest BCUT2D eigenvalue weighted by atomic mass is 16.4. The smallest absolute Gasteiger partial charge is 0.335 e. The number of nitrogens with zero attached hydrogens (tertiary/aromatic N) is 2. The third-order valence-electron chi connectivity index (χ3n) is 2.80. The van der Waals surface area contributed by atoms with Crippen LogP contribution in [0.4, 0.5) is 11.5 Å². The lowest BCUT2D eigenvalue weighted by Crippen LogP contribution is -2.24. The summed E-state index contributed by atoms with van der Waals surface area (Å²) >= 11 is 0. The first-order valence-electron chi connectivity index (χ1n) is 5.92. The van der Waals surface area contributed by atoms with Crippen molar-refractivity contribution in [1.82, 2.24) is 9.78 Å². The number of aromatic nitrogens is 2. The molecule has 1 aromatic heterocycles. The Kier molecular flexibility index (Phi) is 3.69. The number of amides is 1. The molecule has 0 aliphatic heterocycles. The topological polar surface area (TPSA) is 110 Å². The molecule has 20 heavy (non-hydrogen) atoms. The molecule has 0 bridgehead atoms. The van der Waals surface area contributed by atoms with Gasteiger partial charge < -0.3 is 16.2 Å². The lowest BCUT2D eigenvalue weighted by Gasteiger charge is -2.12. The van der Waals surface area contributed by atoms with Crippen LogP contribution in [-0.2, 0) is 4.79 Å². The number of carboxylic acids is 1. The fourth-order valence-electron chi connectivity index (χ4n) is 1.63. The zero-order valence-electron chi connectivity index (χ0n) is 10.8. The molecule has 2 rings (SSSR count). The maximum absolute atomic E-state index is 12.0. The van der Waals surface area contributed by atoms with Gasteiger partial charge in [0.25, 0.3) is 0 Å². The second-order valence-corrected chi connectivity index (χ2v) is 4.27. The largest absolute Gasteiger partial charge is 0.478 e. The molecular weight excluding hydrogens is 260 g/mol. The monoisotopic (exact) mass is 274 g/mol. The van der Waals surface area contributed by atoms with E-state index in [1.807, 2.05) is 0 Å². The van der Waals surface area contributed by atoms with Crippen molar-refractivity contribution in [3.8, 4) is 0 Å². The number of nitrogen functional groups attached to an aromatic ring is 1. The van der Waals surface area contributed by atoms with Gasteiger partial charge in [-0.15, -0.1) is 0 Å². The number of rotatable bonds is 4. The van der Waals surface area contributed by atoms with E-state index < -0.39 is 12.0 Å². The zero-order valence-corrected chi connectivity index (χ0v) is 10.8. The molecule has 1 amide bonds. The number of carbonyl (C=O) groups is 2. The summed E-state index contributed by atoms with van der Waals surface area (Å²) in [5.41, 5.74) is 6.18. The summed E-state index contributed by atoms with van der Waals surface area (Å²) in [6, 6.07) is 7.00. The third kappa shape index (κ3) is 2.94. The first-order chi connectivity index (χ1) is 9.47. The Morgan fingerprint density at radius 1 is 1.30 bits per heavy atom. The van der Waals surface area contributed by atoms with Gasteiger partial charge >= 0.3 is 5.97 Å².